The summed E-state index contributed by atoms with van der Waals surface area (Å²) in [5.74, 6) is 0.592. The van der Waals surface area contributed by atoms with E-state index in [1.54, 1.807) is 0 Å². The zero-order chi connectivity index (χ0) is 9.72. The molecule has 2 atom stereocenters. The van der Waals surface area contributed by atoms with Crippen LogP contribution < -0.4 is 0 Å². The van der Waals surface area contributed by atoms with Crippen LogP contribution in [0.15, 0.2) is 0 Å². The van der Waals surface area contributed by atoms with Crippen molar-refractivity contribution in [1.29, 1.82) is 0 Å². The Kier molecular flexibility index (Phi) is 6.49. The molecule has 0 aromatic rings. The number of ether oxygens (including phenoxy) is 1. The highest BCUT2D eigenvalue weighted by Gasteiger charge is 2.15. The molecule has 74 valence electrons. The number of hydrogen-bond acceptors (Lipinski definition) is 2. The van der Waals surface area contributed by atoms with Gasteiger partial charge in [-0.1, -0.05) is 6.92 Å². The van der Waals surface area contributed by atoms with E-state index in [2.05, 4.69) is 60.7 Å². The van der Waals surface area contributed by atoms with E-state index in [4.69, 9.17) is 4.74 Å². The molecule has 0 saturated heterocycles. The molecule has 0 amide bonds. The molecule has 2 nitrogen and oxygen atoms in total. The van der Waals surface area contributed by atoms with E-state index in [9.17, 15) is 0 Å². The molecule has 3 heteroatoms. The van der Waals surface area contributed by atoms with Crippen molar-refractivity contribution < 1.29 is 4.74 Å². The molecule has 0 rings (SSSR count). The highest BCUT2D eigenvalue weighted by atomic mass is 127. The Balaban J connectivity index is 3.64. The van der Waals surface area contributed by atoms with Crippen LogP contribution in [0.3, 0.4) is 0 Å². The zero-order valence-corrected chi connectivity index (χ0v) is 10.8. The van der Waals surface area contributed by atoms with Crippen LogP contribution in [0.4, 0.5) is 0 Å². The van der Waals surface area contributed by atoms with Crippen LogP contribution in [0.5, 0.6) is 0 Å². The molecular formula is C9H20INO. The molecule has 0 spiro atoms. The van der Waals surface area contributed by atoms with Crippen molar-refractivity contribution in [3.63, 3.8) is 0 Å². The van der Waals surface area contributed by atoms with E-state index in [1.807, 2.05) is 0 Å². The number of rotatable bonds is 5. The third kappa shape index (κ3) is 5.32. The second kappa shape index (κ2) is 6.16. The molecule has 0 heterocycles. The summed E-state index contributed by atoms with van der Waals surface area (Å²) < 4.78 is 7.75. The van der Waals surface area contributed by atoms with Crippen LogP contribution >= 0.6 is 22.9 Å². The van der Waals surface area contributed by atoms with Gasteiger partial charge in [-0.2, -0.15) is 0 Å². The Labute approximate surface area is 90.2 Å². The van der Waals surface area contributed by atoms with E-state index >= 15 is 0 Å². The lowest BCUT2D eigenvalue weighted by Gasteiger charge is -2.25. The maximum Gasteiger partial charge on any atom is 0.0519 e. The summed E-state index contributed by atoms with van der Waals surface area (Å²) in [5.41, 5.74) is 0. The van der Waals surface area contributed by atoms with Gasteiger partial charge >= 0.3 is 0 Å². The van der Waals surface area contributed by atoms with Gasteiger partial charge in [-0.3, -0.25) is 0 Å². The van der Waals surface area contributed by atoms with Gasteiger partial charge in [0.15, 0.2) is 0 Å². The highest BCUT2D eigenvalue weighted by molar-refractivity contribution is 14.1. The van der Waals surface area contributed by atoms with Crippen molar-refractivity contribution in [2.75, 3.05) is 13.7 Å². The molecule has 0 aromatic carbocycles. The van der Waals surface area contributed by atoms with Crippen LogP contribution in [-0.4, -0.2) is 28.9 Å². The molecule has 2 unspecified atom stereocenters. The summed E-state index contributed by atoms with van der Waals surface area (Å²) in [5, 5.41) is 0. The van der Waals surface area contributed by atoms with Crippen LogP contribution in [0, 0.1) is 5.92 Å². The van der Waals surface area contributed by atoms with Crippen molar-refractivity contribution >= 4 is 22.9 Å². The SMILES string of the molecule is CC(C)OCC(C)C(C)N(C)I. The summed E-state index contributed by atoms with van der Waals surface area (Å²) >= 11 is 2.32. The number of halogens is 1. The number of nitrogens with zero attached hydrogens (tertiary/aromatic N) is 1. The maximum atomic E-state index is 5.54. The van der Waals surface area contributed by atoms with Gasteiger partial charge in [-0.25, -0.2) is 3.11 Å². The first-order chi connectivity index (χ1) is 5.45. The lowest BCUT2D eigenvalue weighted by Crippen LogP contribution is -2.30. The topological polar surface area (TPSA) is 12.5 Å². The van der Waals surface area contributed by atoms with Gasteiger partial charge in [-0.05, 0) is 33.7 Å². The van der Waals surface area contributed by atoms with Crippen molar-refractivity contribution in [2.45, 2.75) is 39.8 Å². The largest absolute Gasteiger partial charge is 0.378 e. The van der Waals surface area contributed by atoms with Gasteiger partial charge in [0.05, 0.1) is 12.7 Å². The smallest absolute Gasteiger partial charge is 0.0519 e. The summed E-state index contributed by atoms with van der Waals surface area (Å²) in [6, 6.07) is 0.573. The van der Waals surface area contributed by atoms with Gasteiger partial charge in [0.1, 0.15) is 0 Å². The van der Waals surface area contributed by atoms with Gasteiger partial charge in [-0.15, -0.1) is 0 Å². The summed E-state index contributed by atoms with van der Waals surface area (Å²) in [6.07, 6.45) is 0.346. The Morgan fingerprint density at radius 1 is 1.25 bits per heavy atom. The third-order valence-electron chi connectivity index (χ3n) is 2.08. The number of hydrogen-bond donors (Lipinski definition) is 0. The molecule has 0 aliphatic rings. The fraction of sp³-hybridized carbons (Fsp3) is 1.00. The fourth-order valence-corrected chi connectivity index (χ4v) is 1.38. The standard InChI is InChI=1S/C9H20INO/c1-7(2)12-6-8(3)9(4)11(5)10/h7-9H,6H2,1-5H3. The second-order valence-corrected chi connectivity index (χ2v) is 5.15. The molecule has 0 fully saturated rings. The monoisotopic (exact) mass is 285 g/mol. The van der Waals surface area contributed by atoms with E-state index in [1.165, 1.54) is 0 Å². The van der Waals surface area contributed by atoms with Gasteiger partial charge in [0, 0.05) is 28.9 Å². The normalized spacial score (nSPS) is 17.0. The first-order valence-electron chi connectivity index (χ1n) is 4.45. The Morgan fingerprint density at radius 2 is 1.75 bits per heavy atom. The predicted molar refractivity (Wildman–Crippen MR) is 61.5 cm³/mol. The first kappa shape index (κ1) is 12.7. The fourth-order valence-electron chi connectivity index (χ4n) is 0.834. The first-order valence-corrected chi connectivity index (χ1v) is 5.41. The minimum Gasteiger partial charge on any atom is -0.378 e. The summed E-state index contributed by atoms with van der Waals surface area (Å²) in [6.45, 7) is 9.45. The van der Waals surface area contributed by atoms with Gasteiger partial charge in [0.25, 0.3) is 0 Å². The second-order valence-electron chi connectivity index (χ2n) is 3.62. The van der Waals surface area contributed by atoms with Crippen LogP contribution in [0.2, 0.25) is 0 Å². The molecule has 0 N–H and O–H groups in total. The third-order valence-corrected chi connectivity index (χ3v) is 2.96. The van der Waals surface area contributed by atoms with E-state index < -0.39 is 0 Å². The van der Waals surface area contributed by atoms with E-state index in [-0.39, 0.29) is 0 Å². The maximum absolute atomic E-state index is 5.54. The van der Waals surface area contributed by atoms with Crippen molar-refractivity contribution in [3.8, 4) is 0 Å². The molecule has 0 aliphatic carbocycles. The Bertz CT molecular complexity index is 117. The summed E-state index contributed by atoms with van der Waals surface area (Å²) in [7, 11) is 2.09. The molecule has 0 aliphatic heterocycles. The van der Waals surface area contributed by atoms with Crippen molar-refractivity contribution in [3.05, 3.63) is 0 Å². The molecular weight excluding hydrogens is 265 g/mol. The predicted octanol–water partition coefficient (Wildman–Crippen LogP) is 2.72. The summed E-state index contributed by atoms with van der Waals surface area (Å²) in [4.78, 5) is 0. The molecule has 0 bridgehead atoms. The Hall–Kier alpha value is 0.650. The minimum absolute atomic E-state index is 0.346. The van der Waals surface area contributed by atoms with Crippen LogP contribution in [0.1, 0.15) is 27.7 Å². The van der Waals surface area contributed by atoms with Gasteiger partial charge in [0.2, 0.25) is 0 Å². The quantitative estimate of drug-likeness (QED) is 0.569. The van der Waals surface area contributed by atoms with Crippen LogP contribution in [-0.2, 0) is 4.74 Å². The van der Waals surface area contributed by atoms with E-state index in [0.29, 0.717) is 18.1 Å². The lowest BCUT2D eigenvalue weighted by molar-refractivity contribution is 0.0433. The molecule has 0 saturated carbocycles. The van der Waals surface area contributed by atoms with E-state index in [0.717, 1.165) is 6.61 Å². The average molecular weight is 285 g/mol. The van der Waals surface area contributed by atoms with Crippen molar-refractivity contribution in [1.82, 2.24) is 3.11 Å². The van der Waals surface area contributed by atoms with Crippen molar-refractivity contribution in [2.24, 2.45) is 5.92 Å². The average Bonchev–Trinajstić information content (AvgIpc) is 1.98. The zero-order valence-electron chi connectivity index (χ0n) is 8.67. The molecule has 0 aromatic heterocycles. The minimum atomic E-state index is 0.346. The highest BCUT2D eigenvalue weighted by Crippen LogP contribution is 2.13. The lowest BCUT2D eigenvalue weighted by atomic mass is 10.1. The van der Waals surface area contributed by atoms with Crippen LogP contribution in [0.25, 0.3) is 0 Å². The Morgan fingerprint density at radius 3 is 2.08 bits per heavy atom. The van der Waals surface area contributed by atoms with Gasteiger partial charge < -0.3 is 4.74 Å². The molecule has 12 heavy (non-hydrogen) atoms. The molecule has 0 radical (unpaired) electrons.